The zero-order valence-corrected chi connectivity index (χ0v) is 22.4. The zero-order valence-electron chi connectivity index (χ0n) is 22.4. The summed E-state index contributed by atoms with van der Waals surface area (Å²) in [6.07, 6.45) is 4.96. The van der Waals surface area contributed by atoms with E-state index in [0.717, 1.165) is 28.6 Å². The van der Waals surface area contributed by atoms with Crippen molar-refractivity contribution in [1.82, 2.24) is 29.7 Å². The standard InChI is InChI=1S/C30H28F2N6O2/c1-17-18(2)35-30-28(34-17)27(24-9-6-22(31)13-25(24)32)36-29(37-30)20-10-11-40-26(12-20)21-14-33-38(16-21)15-19-4-7-23(39-3)8-5-19/h4-9,13-14,16,20,26H,10-12,15H2,1-3H3/t20-,26+/m0/s1. The topological polar surface area (TPSA) is 87.8 Å². The monoisotopic (exact) mass is 542 g/mol. The van der Waals surface area contributed by atoms with Crippen molar-refractivity contribution in [3.05, 3.63) is 94.8 Å². The van der Waals surface area contributed by atoms with Crippen LogP contribution in [0.4, 0.5) is 8.78 Å². The summed E-state index contributed by atoms with van der Waals surface area (Å²) in [5.74, 6) is -0.0663. The summed E-state index contributed by atoms with van der Waals surface area (Å²) >= 11 is 0. The average molecular weight is 543 g/mol. The van der Waals surface area contributed by atoms with Crippen molar-refractivity contribution in [2.24, 2.45) is 0 Å². The van der Waals surface area contributed by atoms with Gasteiger partial charge in [0, 0.05) is 35.9 Å². The molecule has 3 aromatic heterocycles. The lowest BCUT2D eigenvalue weighted by atomic mass is 9.92. The van der Waals surface area contributed by atoms with Gasteiger partial charge in [-0.15, -0.1) is 0 Å². The number of rotatable bonds is 6. The Balaban J connectivity index is 1.30. The first-order valence-electron chi connectivity index (χ1n) is 13.1. The average Bonchev–Trinajstić information content (AvgIpc) is 3.42. The molecule has 1 aliphatic rings. The number of aryl methyl sites for hydroxylation is 2. The number of ether oxygens (including phenoxy) is 2. The van der Waals surface area contributed by atoms with Gasteiger partial charge in [0.25, 0.3) is 0 Å². The molecule has 1 aliphatic heterocycles. The SMILES string of the molecule is COc1ccc(Cn2cc([C@H]3C[C@@H](c4nc(-c5ccc(F)cc5F)c5nc(C)c(C)nc5n4)CCO3)cn2)cc1. The van der Waals surface area contributed by atoms with E-state index in [9.17, 15) is 8.78 Å². The Labute approximate surface area is 230 Å². The summed E-state index contributed by atoms with van der Waals surface area (Å²) in [6, 6.07) is 11.3. The molecule has 40 heavy (non-hydrogen) atoms. The number of halogens is 2. The van der Waals surface area contributed by atoms with Gasteiger partial charge >= 0.3 is 0 Å². The molecule has 5 aromatic rings. The third-order valence-corrected chi connectivity index (χ3v) is 7.32. The quantitative estimate of drug-likeness (QED) is 0.265. The van der Waals surface area contributed by atoms with E-state index >= 15 is 0 Å². The largest absolute Gasteiger partial charge is 0.497 e. The fraction of sp³-hybridized carbons (Fsp3) is 0.300. The summed E-state index contributed by atoms with van der Waals surface area (Å²) in [6.45, 7) is 4.82. The fourth-order valence-electron chi connectivity index (χ4n) is 4.99. The van der Waals surface area contributed by atoms with E-state index in [1.165, 1.54) is 12.1 Å². The maximum absolute atomic E-state index is 14.9. The smallest absolute Gasteiger partial charge is 0.182 e. The molecule has 8 nitrogen and oxygen atoms in total. The third kappa shape index (κ3) is 5.14. The van der Waals surface area contributed by atoms with E-state index in [1.54, 1.807) is 7.11 Å². The molecule has 0 amide bonds. The molecular weight excluding hydrogens is 514 g/mol. The summed E-state index contributed by atoms with van der Waals surface area (Å²) in [7, 11) is 1.65. The second-order valence-electron chi connectivity index (χ2n) is 10.0. The lowest BCUT2D eigenvalue weighted by molar-refractivity contribution is 0.00397. The first-order chi connectivity index (χ1) is 19.4. The minimum absolute atomic E-state index is 0.0567. The van der Waals surface area contributed by atoms with Crippen LogP contribution < -0.4 is 4.74 Å². The highest BCUT2D eigenvalue weighted by atomic mass is 19.1. The van der Waals surface area contributed by atoms with Gasteiger partial charge in [0.1, 0.15) is 34.4 Å². The van der Waals surface area contributed by atoms with Crippen molar-refractivity contribution in [3.63, 3.8) is 0 Å². The number of methoxy groups -OCH3 is 1. The van der Waals surface area contributed by atoms with Crippen LogP contribution in [-0.2, 0) is 11.3 Å². The van der Waals surface area contributed by atoms with Crippen LogP contribution in [0.1, 0.15) is 53.2 Å². The molecule has 2 atom stereocenters. The molecule has 10 heteroatoms. The summed E-state index contributed by atoms with van der Waals surface area (Å²) in [4.78, 5) is 18.8. The molecule has 0 saturated carbocycles. The van der Waals surface area contributed by atoms with E-state index in [2.05, 4.69) is 15.1 Å². The Morgan fingerprint density at radius 2 is 1.80 bits per heavy atom. The Kier molecular flexibility index (Phi) is 6.93. The van der Waals surface area contributed by atoms with Crippen LogP contribution in [0.5, 0.6) is 5.75 Å². The maximum atomic E-state index is 14.9. The highest BCUT2D eigenvalue weighted by Gasteiger charge is 2.29. The predicted molar refractivity (Wildman–Crippen MR) is 145 cm³/mol. The molecule has 1 saturated heterocycles. The van der Waals surface area contributed by atoms with Crippen LogP contribution in [0.15, 0.2) is 54.9 Å². The maximum Gasteiger partial charge on any atom is 0.182 e. The van der Waals surface area contributed by atoms with Gasteiger partial charge in [0.05, 0.1) is 37.3 Å². The molecule has 0 spiro atoms. The van der Waals surface area contributed by atoms with Crippen molar-refractivity contribution >= 4 is 11.2 Å². The molecule has 0 bridgehead atoms. The van der Waals surface area contributed by atoms with E-state index in [1.807, 2.05) is 55.2 Å². The Bertz CT molecular complexity index is 1690. The molecule has 4 heterocycles. The van der Waals surface area contributed by atoms with Crippen molar-refractivity contribution in [3.8, 4) is 17.0 Å². The molecule has 6 rings (SSSR count). The van der Waals surface area contributed by atoms with Crippen molar-refractivity contribution in [1.29, 1.82) is 0 Å². The van der Waals surface area contributed by atoms with Gasteiger partial charge in [-0.1, -0.05) is 12.1 Å². The van der Waals surface area contributed by atoms with Gasteiger partial charge < -0.3 is 9.47 Å². The molecular formula is C30H28F2N6O2. The number of hydrogen-bond donors (Lipinski definition) is 0. The van der Waals surface area contributed by atoms with Crippen LogP contribution in [0, 0.1) is 25.5 Å². The molecule has 0 N–H and O–H groups in total. The van der Waals surface area contributed by atoms with E-state index in [4.69, 9.17) is 19.4 Å². The highest BCUT2D eigenvalue weighted by molar-refractivity contribution is 5.87. The molecule has 0 aliphatic carbocycles. The van der Waals surface area contributed by atoms with Crippen LogP contribution in [0.2, 0.25) is 0 Å². The lowest BCUT2D eigenvalue weighted by Gasteiger charge is -2.28. The lowest BCUT2D eigenvalue weighted by Crippen LogP contribution is -2.20. The Hall–Kier alpha value is -4.31. The second kappa shape index (κ2) is 10.7. The van der Waals surface area contributed by atoms with Gasteiger partial charge in [0.2, 0.25) is 0 Å². The summed E-state index contributed by atoms with van der Waals surface area (Å²) in [5.41, 5.74) is 4.76. The van der Waals surface area contributed by atoms with E-state index in [0.29, 0.717) is 54.4 Å². The van der Waals surface area contributed by atoms with Crippen LogP contribution in [0.25, 0.3) is 22.4 Å². The van der Waals surface area contributed by atoms with Crippen molar-refractivity contribution in [2.45, 2.75) is 45.3 Å². The highest BCUT2D eigenvalue weighted by Crippen LogP contribution is 2.38. The minimum Gasteiger partial charge on any atom is -0.497 e. The predicted octanol–water partition coefficient (Wildman–Crippen LogP) is 5.87. The van der Waals surface area contributed by atoms with Gasteiger partial charge in [-0.05, 0) is 56.5 Å². The van der Waals surface area contributed by atoms with Crippen LogP contribution in [0.3, 0.4) is 0 Å². The molecule has 1 fully saturated rings. The molecule has 0 radical (unpaired) electrons. The molecule has 2 aromatic carbocycles. The van der Waals surface area contributed by atoms with Gasteiger partial charge in [-0.2, -0.15) is 5.10 Å². The van der Waals surface area contributed by atoms with Crippen molar-refractivity contribution in [2.75, 3.05) is 13.7 Å². The first-order valence-corrected chi connectivity index (χ1v) is 13.1. The molecule has 204 valence electrons. The summed E-state index contributed by atoms with van der Waals surface area (Å²) < 4.78 is 41.9. The van der Waals surface area contributed by atoms with E-state index in [-0.39, 0.29) is 17.6 Å². The van der Waals surface area contributed by atoms with Gasteiger partial charge in [-0.3, -0.25) is 4.68 Å². The Morgan fingerprint density at radius 1 is 1.00 bits per heavy atom. The third-order valence-electron chi connectivity index (χ3n) is 7.32. The van der Waals surface area contributed by atoms with Gasteiger partial charge in [0.15, 0.2) is 5.65 Å². The number of fused-ring (bicyclic) bond motifs is 1. The summed E-state index contributed by atoms with van der Waals surface area (Å²) in [5, 5.41) is 4.54. The van der Waals surface area contributed by atoms with Crippen LogP contribution >= 0.6 is 0 Å². The van der Waals surface area contributed by atoms with Crippen molar-refractivity contribution < 1.29 is 18.3 Å². The Morgan fingerprint density at radius 3 is 2.58 bits per heavy atom. The van der Waals surface area contributed by atoms with Crippen LogP contribution in [-0.4, -0.2) is 43.4 Å². The first kappa shape index (κ1) is 25.9. The van der Waals surface area contributed by atoms with Gasteiger partial charge in [-0.25, -0.2) is 28.7 Å². The fourth-order valence-corrected chi connectivity index (χ4v) is 4.99. The van der Waals surface area contributed by atoms with E-state index < -0.39 is 11.6 Å². The zero-order chi connectivity index (χ0) is 27.8. The minimum atomic E-state index is -0.708. The molecule has 0 unspecified atom stereocenters. The second-order valence-corrected chi connectivity index (χ2v) is 10.0. The number of aromatic nitrogens is 6. The normalized spacial score (nSPS) is 17.3. The number of hydrogen-bond acceptors (Lipinski definition) is 7. The number of benzene rings is 2. The number of nitrogens with zero attached hydrogens (tertiary/aromatic N) is 6.